The zero-order valence-electron chi connectivity index (χ0n) is 48.3. The number of aliphatic carboxylic acids is 2. The van der Waals surface area contributed by atoms with E-state index >= 15 is 0 Å². The number of nitrogens with two attached hydrogens (primary N) is 4. The van der Waals surface area contributed by atoms with Gasteiger partial charge in [0.15, 0.2) is 5.96 Å². The van der Waals surface area contributed by atoms with Gasteiger partial charge in [-0.3, -0.25) is 57.7 Å². The third-order valence-corrected chi connectivity index (χ3v) is 13.8. The van der Waals surface area contributed by atoms with Crippen molar-refractivity contribution < 1.29 is 78.3 Å². The summed E-state index contributed by atoms with van der Waals surface area (Å²) in [6, 6.07) is 3.64. The van der Waals surface area contributed by atoms with E-state index in [0.717, 1.165) is 0 Å². The van der Waals surface area contributed by atoms with Crippen molar-refractivity contribution in [2.75, 3.05) is 13.2 Å². The van der Waals surface area contributed by atoms with Gasteiger partial charge in [0.05, 0.1) is 19.0 Å². The molecule has 5 aromatic rings. The third-order valence-electron chi connectivity index (χ3n) is 13.8. The number of carbonyl (C=O) groups excluding carboxylic acids is 9. The molecule has 0 aliphatic heterocycles. The second kappa shape index (κ2) is 33.9. The number of amides is 9. The summed E-state index contributed by atoms with van der Waals surface area (Å²) in [5.41, 5.74) is 24.5. The number of nitrogens with zero attached hydrogens (tertiary/aromatic N) is 2. The molecule has 0 fully saturated rings. The molecule has 0 unspecified atom stereocenters. The predicted octanol–water partition coefficient (Wildman–Crippen LogP) is -3.94. The number of rotatable bonds is 36. The van der Waals surface area contributed by atoms with E-state index in [2.05, 4.69) is 62.5 Å². The minimum atomic E-state index is -1.93. The molecular weight excluding hydrogens is 1160 g/mol. The van der Waals surface area contributed by atoms with E-state index in [1.807, 2.05) is 0 Å². The number of aromatic amines is 2. The average Bonchev–Trinajstić information content (AvgIpc) is 2.62. The number of aliphatic hydroxyl groups is 1. The molecule has 32 nitrogen and oxygen atoms in total. The molecule has 89 heavy (non-hydrogen) atoms. The number of aliphatic imine (C=N–C) groups is 1. The summed E-state index contributed by atoms with van der Waals surface area (Å²) >= 11 is 0. The number of imidazole rings is 1. The molecule has 0 saturated carbocycles. The number of aromatic nitrogens is 3. The Morgan fingerprint density at radius 1 is 0.551 bits per heavy atom. The molecule has 0 aliphatic rings. The average molecular weight is 1240 g/mol. The van der Waals surface area contributed by atoms with Crippen molar-refractivity contribution in [3.05, 3.63) is 114 Å². The summed E-state index contributed by atoms with van der Waals surface area (Å²) in [6.07, 6.45) is 1.10. The van der Waals surface area contributed by atoms with Gasteiger partial charge < -0.3 is 101 Å². The van der Waals surface area contributed by atoms with Crippen LogP contribution in [0.2, 0.25) is 0 Å². The fourth-order valence-corrected chi connectivity index (χ4v) is 8.93. The zero-order valence-corrected chi connectivity index (χ0v) is 48.3. The number of aliphatic hydroxyl groups excluding tert-OH is 1. The van der Waals surface area contributed by atoms with E-state index in [-0.39, 0.29) is 74.6 Å². The van der Waals surface area contributed by atoms with Crippen LogP contribution < -0.4 is 65.5 Å². The van der Waals surface area contributed by atoms with Gasteiger partial charge in [0.2, 0.25) is 53.2 Å². The Hall–Kier alpha value is -10.6. The van der Waals surface area contributed by atoms with E-state index in [1.165, 1.54) is 68.0 Å². The van der Waals surface area contributed by atoms with Crippen LogP contribution in [0, 0.1) is 0 Å². The summed E-state index contributed by atoms with van der Waals surface area (Å²) in [5, 5.41) is 70.0. The van der Waals surface area contributed by atoms with E-state index in [0.29, 0.717) is 27.6 Å². The molecule has 0 bridgehead atoms. The van der Waals surface area contributed by atoms with Crippen molar-refractivity contribution in [2.45, 2.75) is 126 Å². The number of carbonyl (C=O) groups is 11. The Labute approximate surface area is 508 Å². The van der Waals surface area contributed by atoms with Crippen LogP contribution in [0.4, 0.5) is 0 Å². The van der Waals surface area contributed by atoms with Crippen molar-refractivity contribution in [3.63, 3.8) is 0 Å². The highest BCUT2D eigenvalue weighted by atomic mass is 16.4. The Bertz CT molecular complexity index is 3300. The molecule has 2 aromatic heterocycles. The quantitative estimate of drug-likeness (QED) is 0.0103. The smallest absolute Gasteiger partial charge is 0.325 e. The van der Waals surface area contributed by atoms with Gasteiger partial charge in [-0.2, -0.15) is 0 Å². The Morgan fingerprint density at radius 2 is 1.01 bits per heavy atom. The van der Waals surface area contributed by atoms with Crippen LogP contribution in [-0.4, -0.2) is 179 Å². The molecular formula is C57H74N16O16. The SMILES string of the molecule is C[C@H](NC(=O)[C@H](Cc1ccc(O)cc1)NC(=O)[C@H](Cc1cnc[nH]1)NC(=O)[C@H](CO)NC(=O)[C@H](CCC(=O)O)NC(=O)[C@H](Cc1ccc(O)cc1)NC(=O)[C@H](Cc1c[nH]c2ccccc12)NC(=O)[C@H](CCC(N)=O)NC(=O)[C@@H](N)CCCN=C(N)N)C(=O)O. The number of carboxylic acid groups (broad SMARTS) is 2. The van der Waals surface area contributed by atoms with Crippen molar-refractivity contribution in [1.82, 2.24) is 57.5 Å². The number of aromatic hydroxyl groups is 2. The van der Waals surface area contributed by atoms with Gasteiger partial charge >= 0.3 is 11.9 Å². The minimum absolute atomic E-state index is 0.0715. The third kappa shape index (κ3) is 22.6. The second-order valence-electron chi connectivity index (χ2n) is 20.8. The number of phenolic OH excluding ortho intramolecular Hbond substituents is 2. The number of para-hydroxylation sites is 1. The van der Waals surface area contributed by atoms with Gasteiger partial charge in [-0.25, -0.2) is 4.98 Å². The topological polar surface area (TPSA) is 546 Å². The summed E-state index contributed by atoms with van der Waals surface area (Å²) in [4.78, 5) is 162. The first-order chi connectivity index (χ1) is 42.3. The van der Waals surface area contributed by atoms with E-state index in [9.17, 15) is 78.3 Å². The Balaban J connectivity index is 1.42. The molecule has 478 valence electrons. The highest BCUT2D eigenvalue weighted by Crippen LogP contribution is 2.21. The van der Waals surface area contributed by atoms with Gasteiger partial charge in [0, 0.05) is 74.1 Å². The molecule has 0 spiro atoms. The zero-order chi connectivity index (χ0) is 65.3. The monoisotopic (exact) mass is 1240 g/mol. The number of phenols is 2. The molecule has 9 atom stereocenters. The summed E-state index contributed by atoms with van der Waals surface area (Å²) in [6.45, 7) is 0.170. The molecule has 0 aliphatic carbocycles. The predicted molar refractivity (Wildman–Crippen MR) is 317 cm³/mol. The van der Waals surface area contributed by atoms with E-state index < -0.39 is 145 Å². The summed E-state index contributed by atoms with van der Waals surface area (Å²) in [5.74, 6) is -12.4. The maximum atomic E-state index is 14.8. The summed E-state index contributed by atoms with van der Waals surface area (Å²) < 4.78 is 0. The largest absolute Gasteiger partial charge is 0.508 e. The van der Waals surface area contributed by atoms with Crippen LogP contribution >= 0.6 is 0 Å². The Kier molecular flexibility index (Phi) is 26.3. The van der Waals surface area contributed by atoms with Crippen LogP contribution in [0.5, 0.6) is 11.5 Å². The second-order valence-corrected chi connectivity index (χ2v) is 20.8. The first-order valence-electron chi connectivity index (χ1n) is 28.0. The molecule has 3 aromatic carbocycles. The van der Waals surface area contributed by atoms with Crippen LogP contribution in [0.1, 0.15) is 67.8 Å². The van der Waals surface area contributed by atoms with Crippen LogP contribution in [0.3, 0.4) is 0 Å². The number of guanidine groups is 1. The maximum absolute atomic E-state index is 14.8. The number of hydrogen-bond donors (Lipinski definition) is 19. The first-order valence-corrected chi connectivity index (χ1v) is 28.0. The highest BCUT2D eigenvalue weighted by molar-refractivity contribution is 5.99. The lowest BCUT2D eigenvalue weighted by Gasteiger charge is -2.28. The number of primary amides is 1. The fourth-order valence-electron chi connectivity index (χ4n) is 8.93. The molecule has 2 heterocycles. The van der Waals surface area contributed by atoms with Crippen LogP contribution in [0.25, 0.3) is 10.9 Å². The number of fused-ring (bicyclic) bond motifs is 1. The van der Waals surface area contributed by atoms with Crippen molar-refractivity contribution in [1.29, 1.82) is 0 Å². The van der Waals surface area contributed by atoms with Gasteiger partial charge in [-0.15, -0.1) is 0 Å². The number of H-pyrrole nitrogens is 2. The standard InChI is InChI=1S/C57H74N16O16/c1-29(56(88)89)66-51(83)41(21-30-8-12-34(75)13-9-30)69-54(86)44(24-33-26-62-28-65-33)72-55(87)45(27-74)73-50(82)40(17-19-47(78)79)68-52(84)42(22-31-10-14-35(76)15-11-31)70-53(85)43(23-32-25-64-38-7-3-2-5-36(32)38)71-49(81)39(16-18-46(59)77)67-48(80)37(58)6-4-20-63-57(60)61/h2-3,5,7-15,25-26,28-29,37,39-45,64,74-76H,4,6,16-24,27,58H2,1H3,(H2,59,77)(H,62,65)(H,66,83)(H,67,80)(H,68,84)(H,69,86)(H,70,85)(H,71,81)(H,72,87)(H,73,82)(H,78,79)(H,88,89)(H4,60,61,63)/t29-,37-,39-,40-,41-,42-,43-,44-,45-/m0/s1. The van der Waals surface area contributed by atoms with Crippen LogP contribution in [-0.2, 0) is 78.4 Å². The van der Waals surface area contributed by atoms with E-state index in [4.69, 9.17) is 22.9 Å². The first kappa shape index (κ1) is 69.1. The molecule has 5 rings (SSSR count). The highest BCUT2D eigenvalue weighted by Gasteiger charge is 2.36. The van der Waals surface area contributed by atoms with E-state index in [1.54, 1.807) is 30.5 Å². The lowest BCUT2D eigenvalue weighted by Crippen LogP contribution is -2.61. The lowest BCUT2D eigenvalue weighted by atomic mass is 10.0. The van der Waals surface area contributed by atoms with Crippen molar-refractivity contribution >= 4 is 82.0 Å². The van der Waals surface area contributed by atoms with Crippen LogP contribution in [0.15, 0.2) is 96.5 Å². The maximum Gasteiger partial charge on any atom is 0.325 e. The minimum Gasteiger partial charge on any atom is -0.508 e. The normalized spacial score (nSPS) is 14.1. The fraction of sp³-hybridized carbons (Fsp3) is 0.386. The molecule has 0 saturated heterocycles. The van der Waals surface area contributed by atoms with Crippen molar-refractivity contribution in [2.24, 2.45) is 27.9 Å². The number of carboxylic acids is 2. The Morgan fingerprint density at radius 3 is 1.51 bits per heavy atom. The lowest BCUT2D eigenvalue weighted by molar-refractivity contribution is -0.142. The summed E-state index contributed by atoms with van der Waals surface area (Å²) in [7, 11) is 0. The molecule has 9 amide bonds. The van der Waals surface area contributed by atoms with Gasteiger partial charge in [0.25, 0.3) is 0 Å². The molecule has 32 heteroatoms. The number of hydrogen-bond acceptors (Lipinski definition) is 17. The molecule has 23 N–H and O–H groups in total. The number of benzene rings is 3. The number of nitrogens with one attached hydrogen (secondary N) is 10. The van der Waals surface area contributed by atoms with Gasteiger partial charge in [-0.1, -0.05) is 42.5 Å². The van der Waals surface area contributed by atoms with Crippen molar-refractivity contribution in [3.8, 4) is 11.5 Å². The van der Waals surface area contributed by atoms with Gasteiger partial charge in [-0.05, 0) is 79.6 Å². The molecule has 0 radical (unpaired) electrons. The van der Waals surface area contributed by atoms with Gasteiger partial charge in [0.1, 0.15) is 59.8 Å².